The van der Waals surface area contributed by atoms with Gasteiger partial charge in [0.05, 0.1) is 13.2 Å². The summed E-state index contributed by atoms with van der Waals surface area (Å²) in [5, 5.41) is 0. The van der Waals surface area contributed by atoms with Gasteiger partial charge in [-0.3, -0.25) is 0 Å². The SMILES string of the molecule is CC(COC(=O)C=Cc1ccc(F)cc1)COC(=O)C=Cc1ccc(F)cc1. The van der Waals surface area contributed by atoms with Crippen LogP contribution in [0, 0.1) is 17.6 Å². The second-order valence-corrected chi connectivity index (χ2v) is 6.14. The van der Waals surface area contributed by atoms with Crippen LogP contribution in [0.25, 0.3) is 12.2 Å². The molecule has 0 fully saturated rings. The van der Waals surface area contributed by atoms with Crippen molar-refractivity contribution in [3.05, 3.63) is 83.4 Å². The summed E-state index contributed by atoms with van der Waals surface area (Å²) in [5.74, 6) is -1.98. The first-order valence-electron chi connectivity index (χ1n) is 8.63. The van der Waals surface area contributed by atoms with E-state index in [2.05, 4.69) is 0 Å². The molecule has 146 valence electrons. The van der Waals surface area contributed by atoms with Crippen molar-refractivity contribution in [1.29, 1.82) is 0 Å². The van der Waals surface area contributed by atoms with E-state index in [1.807, 2.05) is 0 Å². The average Bonchev–Trinajstić information content (AvgIpc) is 2.69. The van der Waals surface area contributed by atoms with Crippen molar-refractivity contribution in [1.82, 2.24) is 0 Å². The van der Waals surface area contributed by atoms with Crippen molar-refractivity contribution in [2.45, 2.75) is 6.92 Å². The predicted molar refractivity (Wildman–Crippen MR) is 102 cm³/mol. The van der Waals surface area contributed by atoms with Crippen molar-refractivity contribution in [3.8, 4) is 0 Å². The van der Waals surface area contributed by atoms with Gasteiger partial charge >= 0.3 is 11.9 Å². The van der Waals surface area contributed by atoms with Gasteiger partial charge in [-0.15, -0.1) is 0 Å². The molecule has 0 radical (unpaired) electrons. The van der Waals surface area contributed by atoms with Crippen LogP contribution in [0.15, 0.2) is 60.7 Å². The molecule has 0 heterocycles. The minimum absolute atomic E-state index is 0.0849. The molecule has 0 aliphatic heterocycles. The number of hydrogen-bond acceptors (Lipinski definition) is 4. The van der Waals surface area contributed by atoms with Crippen LogP contribution in [0.4, 0.5) is 8.78 Å². The van der Waals surface area contributed by atoms with E-state index in [1.165, 1.54) is 48.6 Å². The fourth-order valence-electron chi connectivity index (χ4n) is 2.07. The number of ether oxygens (including phenoxy) is 2. The number of esters is 2. The van der Waals surface area contributed by atoms with Gasteiger partial charge in [0.2, 0.25) is 0 Å². The molecule has 0 amide bonds. The van der Waals surface area contributed by atoms with Gasteiger partial charge < -0.3 is 9.47 Å². The van der Waals surface area contributed by atoms with Gasteiger partial charge in [0.25, 0.3) is 0 Å². The smallest absolute Gasteiger partial charge is 0.330 e. The van der Waals surface area contributed by atoms with Crippen LogP contribution in [-0.2, 0) is 19.1 Å². The molecule has 0 atom stereocenters. The number of rotatable bonds is 8. The third-order valence-corrected chi connectivity index (χ3v) is 3.58. The molecule has 0 aliphatic carbocycles. The minimum Gasteiger partial charge on any atom is -0.462 e. The fourth-order valence-corrected chi connectivity index (χ4v) is 2.07. The highest BCUT2D eigenvalue weighted by molar-refractivity contribution is 5.87. The average molecular weight is 386 g/mol. The molecule has 0 bridgehead atoms. The van der Waals surface area contributed by atoms with E-state index in [0.717, 1.165) is 0 Å². The maximum Gasteiger partial charge on any atom is 0.330 e. The largest absolute Gasteiger partial charge is 0.462 e. The van der Waals surface area contributed by atoms with Crippen molar-refractivity contribution < 1.29 is 27.8 Å². The molecule has 2 rings (SSSR count). The van der Waals surface area contributed by atoms with Gasteiger partial charge in [0.1, 0.15) is 11.6 Å². The van der Waals surface area contributed by atoms with Crippen molar-refractivity contribution in [2.75, 3.05) is 13.2 Å². The lowest BCUT2D eigenvalue weighted by atomic mass is 10.2. The summed E-state index contributed by atoms with van der Waals surface area (Å²) in [7, 11) is 0. The van der Waals surface area contributed by atoms with Crippen LogP contribution in [-0.4, -0.2) is 25.2 Å². The Morgan fingerprint density at radius 2 is 1.14 bits per heavy atom. The molecule has 0 saturated heterocycles. The number of halogens is 2. The van der Waals surface area contributed by atoms with Gasteiger partial charge in [-0.1, -0.05) is 31.2 Å². The van der Waals surface area contributed by atoms with E-state index in [1.54, 1.807) is 31.2 Å². The van der Waals surface area contributed by atoms with Gasteiger partial charge in [-0.25, -0.2) is 18.4 Å². The van der Waals surface area contributed by atoms with Crippen molar-refractivity contribution >= 4 is 24.1 Å². The van der Waals surface area contributed by atoms with Crippen molar-refractivity contribution in [2.24, 2.45) is 5.92 Å². The Morgan fingerprint density at radius 1 is 0.786 bits per heavy atom. The molecule has 0 saturated carbocycles. The van der Waals surface area contributed by atoms with Gasteiger partial charge in [-0.2, -0.15) is 0 Å². The zero-order valence-electron chi connectivity index (χ0n) is 15.3. The molecule has 0 N–H and O–H groups in total. The summed E-state index contributed by atoms with van der Waals surface area (Å²) < 4.78 is 35.8. The Morgan fingerprint density at radius 3 is 1.50 bits per heavy atom. The summed E-state index contributed by atoms with van der Waals surface area (Å²) in [6.07, 6.45) is 5.54. The topological polar surface area (TPSA) is 52.6 Å². The Balaban J connectivity index is 1.67. The molecular weight excluding hydrogens is 366 g/mol. The normalized spacial score (nSPS) is 12.2. The highest BCUT2D eigenvalue weighted by Crippen LogP contribution is 2.07. The minimum atomic E-state index is -0.543. The summed E-state index contributed by atoms with van der Waals surface area (Å²) in [6, 6.07) is 11.4. The van der Waals surface area contributed by atoms with E-state index in [9.17, 15) is 18.4 Å². The summed E-state index contributed by atoms with van der Waals surface area (Å²) in [5.41, 5.74) is 1.35. The van der Waals surface area contributed by atoms with E-state index >= 15 is 0 Å². The Kier molecular flexibility index (Phi) is 8.09. The molecule has 28 heavy (non-hydrogen) atoms. The predicted octanol–water partition coefficient (Wildman–Crippen LogP) is 4.41. The summed E-state index contributed by atoms with van der Waals surface area (Å²) >= 11 is 0. The first-order chi connectivity index (χ1) is 13.4. The Hall–Kier alpha value is -3.28. The third-order valence-electron chi connectivity index (χ3n) is 3.58. The number of carbonyl (C=O) groups excluding carboxylic acids is 2. The molecule has 2 aromatic carbocycles. The standard InChI is InChI=1S/C22H20F2O4/c1-16(14-27-21(25)12-6-17-2-8-19(23)9-3-17)15-28-22(26)13-7-18-4-10-20(24)11-5-18/h2-13,16H,14-15H2,1H3. The molecule has 0 aliphatic rings. The van der Waals surface area contributed by atoms with Crippen molar-refractivity contribution in [3.63, 3.8) is 0 Å². The molecule has 0 aromatic heterocycles. The molecule has 4 nitrogen and oxygen atoms in total. The van der Waals surface area contributed by atoms with Crippen LogP contribution in [0.1, 0.15) is 18.1 Å². The molecule has 0 spiro atoms. The van der Waals surface area contributed by atoms with Crippen LogP contribution in [0.3, 0.4) is 0 Å². The number of hydrogen-bond donors (Lipinski definition) is 0. The fraction of sp³-hybridized carbons (Fsp3) is 0.182. The molecule has 2 aromatic rings. The van der Waals surface area contributed by atoms with Crippen LogP contribution in [0.2, 0.25) is 0 Å². The lowest BCUT2D eigenvalue weighted by molar-refractivity contribution is -0.142. The second kappa shape index (κ2) is 10.8. The maximum absolute atomic E-state index is 12.8. The molecular formula is C22H20F2O4. The monoisotopic (exact) mass is 386 g/mol. The first-order valence-corrected chi connectivity index (χ1v) is 8.63. The number of benzene rings is 2. The maximum atomic E-state index is 12.8. The summed E-state index contributed by atoms with van der Waals surface area (Å²) in [4.78, 5) is 23.4. The highest BCUT2D eigenvalue weighted by atomic mass is 19.1. The van der Waals surface area contributed by atoms with Gasteiger partial charge in [-0.05, 0) is 47.5 Å². The van der Waals surface area contributed by atoms with E-state index in [0.29, 0.717) is 11.1 Å². The second-order valence-electron chi connectivity index (χ2n) is 6.14. The Labute approximate surface area is 162 Å². The van der Waals surface area contributed by atoms with Gasteiger partial charge in [0, 0.05) is 18.1 Å². The summed E-state index contributed by atoms with van der Waals surface area (Å²) in [6.45, 7) is 1.94. The van der Waals surface area contributed by atoms with Crippen LogP contribution >= 0.6 is 0 Å². The highest BCUT2D eigenvalue weighted by Gasteiger charge is 2.08. The molecule has 6 heteroatoms. The number of carbonyl (C=O) groups is 2. The van der Waals surface area contributed by atoms with E-state index in [4.69, 9.17) is 9.47 Å². The zero-order chi connectivity index (χ0) is 20.4. The molecule has 0 unspecified atom stereocenters. The first kappa shape index (κ1) is 21.0. The van der Waals surface area contributed by atoms with Crippen LogP contribution in [0.5, 0.6) is 0 Å². The van der Waals surface area contributed by atoms with Gasteiger partial charge in [0.15, 0.2) is 0 Å². The third kappa shape index (κ3) is 7.95. The van der Waals surface area contributed by atoms with E-state index in [-0.39, 0.29) is 30.8 Å². The quantitative estimate of drug-likeness (QED) is 0.498. The lowest BCUT2D eigenvalue weighted by Gasteiger charge is -2.10. The van der Waals surface area contributed by atoms with Crippen LogP contribution < -0.4 is 0 Å². The zero-order valence-corrected chi connectivity index (χ0v) is 15.3. The lowest BCUT2D eigenvalue weighted by Crippen LogP contribution is -2.17. The Bertz CT molecular complexity index is 768. The van der Waals surface area contributed by atoms with E-state index < -0.39 is 11.9 Å².